The molecule has 0 bridgehead atoms. The number of benzene rings is 2. The first-order valence-electron chi connectivity index (χ1n) is 10.2. The highest BCUT2D eigenvalue weighted by atomic mass is 32.2. The molecule has 3 aromatic rings. The quantitative estimate of drug-likeness (QED) is 0.476. The molecule has 0 unspecified atom stereocenters. The Hall–Kier alpha value is -3.04. The lowest BCUT2D eigenvalue weighted by Gasteiger charge is -2.33. The molecule has 8 nitrogen and oxygen atoms in total. The van der Waals surface area contributed by atoms with Gasteiger partial charge in [0.25, 0.3) is 5.69 Å². The van der Waals surface area contributed by atoms with E-state index in [1.165, 1.54) is 24.4 Å². The highest BCUT2D eigenvalue weighted by Crippen LogP contribution is 2.38. The maximum atomic E-state index is 13.6. The molecule has 0 saturated carbocycles. The number of aryl methyl sites for hydroxylation is 1. The van der Waals surface area contributed by atoms with Crippen molar-refractivity contribution in [2.75, 3.05) is 18.0 Å². The molecule has 0 atom stereocenters. The number of nitro groups is 1. The van der Waals surface area contributed by atoms with Crippen LogP contribution in [0.1, 0.15) is 25.3 Å². The van der Waals surface area contributed by atoms with Crippen LogP contribution in [-0.2, 0) is 16.3 Å². The van der Waals surface area contributed by atoms with Gasteiger partial charge in [0.2, 0.25) is 9.84 Å². The van der Waals surface area contributed by atoms with Crippen molar-refractivity contribution < 1.29 is 18.4 Å². The molecule has 1 N–H and O–H groups in total. The van der Waals surface area contributed by atoms with Crippen LogP contribution in [0.4, 0.5) is 11.4 Å². The molecule has 2 heterocycles. The fourth-order valence-corrected chi connectivity index (χ4v) is 5.34. The second-order valence-electron chi connectivity index (χ2n) is 7.65. The molecule has 0 aliphatic carbocycles. The van der Waals surface area contributed by atoms with E-state index in [1.807, 2.05) is 11.8 Å². The third-order valence-electron chi connectivity index (χ3n) is 5.71. The topological polar surface area (TPSA) is 114 Å². The Bertz CT molecular complexity index is 1230. The SMILES string of the molecule is CCc1ccc(S(=O)(=O)c2cnc3ccc([N+](=O)[O-])cc3c2N2CCC(O)CC2)cc1. The van der Waals surface area contributed by atoms with E-state index < -0.39 is 20.9 Å². The number of hydrogen-bond acceptors (Lipinski definition) is 7. The molecular weight excluding hydrogens is 418 g/mol. The van der Waals surface area contributed by atoms with Crippen molar-refractivity contribution in [1.82, 2.24) is 4.98 Å². The van der Waals surface area contributed by atoms with E-state index >= 15 is 0 Å². The summed E-state index contributed by atoms with van der Waals surface area (Å²) in [5.74, 6) is 0. The number of rotatable bonds is 5. The van der Waals surface area contributed by atoms with Crippen molar-refractivity contribution in [1.29, 1.82) is 0 Å². The summed E-state index contributed by atoms with van der Waals surface area (Å²) < 4.78 is 27.1. The van der Waals surface area contributed by atoms with Gasteiger partial charge in [-0.25, -0.2) is 8.42 Å². The first kappa shape index (κ1) is 21.2. The van der Waals surface area contributed by atoms with E-state index in [2.05, 4.69) is 4.98 Å². The van der Waals surface area contributed by atoms with Gasteiger partial charge in [-0.1, -0.05) is 19.1 Å². The Morgan fingerprint density at radius 1 is 1.16 bits per heavy atom. The van der Waals surface area contributed by atoms with Gasteiger partial charge in [-0.2, -0.15) is 0 Å². The summed E-state index contributed by atoms with van der Waals surface area (Å²) in [5.41, 5.74) is 1.78. The minimum Gasteiger partial charge on any atom is -0.393 e. The number of aromatic nitrogens is 1. The predicted molar refractivity (Wildman–Crippen MR) is 117 cm³/mol. The zero-order valence-electron chi connectivity index (χ0n) is 17.1. The number of sulfone groups is 1. The molecule has 162 valence electrons. The van der Waals surface area contributed by atoms with Crippen molar-refractivity contribution in [3.8, 4) is 0 Å². The molecular formula is C22H23N3O5S. The largest absolute Gasteiger partial charge is 0.393 e. The van der Waals surface area contributed by atoms with Crippen LogP contribution >= 0.6 is 0 Å². The molecule has 31 heavy (non-hydrogen) atoms. The molecule has 4 rings (SSSR count). The fourth-order valence-electron chi connectivity index (χ4n) is 3.91. The molecule has 1 aliphatic rings. The summed E-state index contributed by atoms with van der Waals surface area (Å²) in [6, 6.07) is 11.0. The van der Waals surface area contributed by atoms with Gasteiger partial charge in [0.1, 0.15) is 4.90 Å². The number of aliphatic hydroxyl groups is 1. The van der Waals surface area contributed by atoms with Crippen molar-refractivity contribution in [3.05, 3.63) is 64.3 Å². The Morgan fingerprint density at radius 2 is 1.84 bits per heavy atom. The predicted octanol–water partition coefficient (Wildman–Crippen LogP) is 3.50. The van der Waals surface area contributed by atoms with Gasteiger partial charge < -0.3 is 10.0 Å². The Balaban J connectivity index is 1.95. The summed E-state index contributed by atoms with van der Waals surface area (Å²) in [4.78, 5) is 17.2. The summed E-state index contributed by atoms with van der Waals surface area (Å²) in [7, 11) is -3.92. The van der Waals surface area contributed by atoms with Crippen LogP contribution in [0.5, 0.6) is 0 Å². The summed E-state index contributed by atoms with van der Waals surface area (Å²) in [5, 5.41) is 21.7. The van der Waals surface area contributed by atoms with Crippen LogP contribution in [0.2, 0.25) is 0 Å². The first-order valence-corrected chi connectivity index (χ1v) is 11.6. The molecule has 1 aliphatic heterocycles. The van der Waals surface area contributed by atoms with E-state index in [9.17, 15) is 23.6 Å². The molecule has 1 aromatic heterocycles. The summed E-state index contributed by atoms with van der Waals surface area (Å²) in [6.07, 6.45) is 2.66. The number of aliphatic hydroxyl groups excluding tert-OH is 1. The highest BCUT2D eigenvalue weighted by molar-refractivity contribution is 7.91. The summed E-state index contributed by atoms with van der Waals surface area (Å²) in [6.45, 7) is 2.88. The molecule has 1 saturated heterocycles. The normalized spacial score (nSPS) is 15.4. The van der Waals surface area contributed by atoms with E-state index in [0.717, 1.165) is 12.0 Å². The molecule has 0 spiro atoms. The number of piperidine rings is 1. The maximum absolute atomic E-state index is 13.6. The Labute approximate surface area is 180 Å². The minimum atomic E-state index is -3.92. The molecule has 0 amide bonds. The van der Waals surface area contributed by atoms with Crippen LogP contribution in [-0.4, -0.2) is 42.6 Å². The van der Waals surface area contributed by atoms with E-state index in [-0.39, 0.29) is 15.5 Å². The lowest BCUT2D eigenvalue weighted by Crippen LogP contribution is -2.36. The van der Waals surface area contributed by atoms with Gasteiger partial charge >= 0.3 is 0 Å². The molecule has 9 heteroatoms. The average molecular weight is 442 g/mol. The van der Waals surface area contributed by atoms with Crippen molar-refractivity contribution in [2.24, 2.45) is 0 Å². The van der Waals surface area contributed by atoms with E-state index in [1.54, 1.807) is 24.3 Å². The average Bonchev–Trinajstić information content (AvgIpc) is 2.78. The smallest absolute Gasteiger partial charge is 0.270 e. The lowest BCUT2D eigenvalue weighted by atomic mass is 10.1. The van der Waals surface area contributed by atoms with Crippen LogP contribution in [0.25, 0.3) is 10.9 Å². The van der Waals surface area contributed by atoms with Crippen LogP contribution < -0.4 is 4.90 Å². The number of nitro benzene ring substituents is 1. The first-order chi connectivity index (χ1) is 14.8. The zero-order chi connectivity index (χ0) is 22.2. The van der Waals surface area contributed by atoms with Crippen LogP contribution in [0.15, 0.2) is 58.5 Å². The van der Waals surface area contributed by atoms with Gasteiger partial charge in [-0.15, -0.1) is 0 Å². The van der Waals surface area contributed by atoms with Crippen LogP contribution in [0, 0.1) is 10.1 Å². The standard InChI is InChI=1S/C22H23N3O5S/c1-2-15-3-6-18(7-4-15)31(29,30)21-14-23-20-8-5-16(25(27)28)13-19(20)22(21)24-11-9-17(26)10-12-24/h3-8,13-14,17,26H,2,9-12H2,1H3. The number of nitrogens with zero attached hydrogens (tertiary/aromatic N) is 3. The Kier molecular flexibility index (Phi) is 5.63. The van der Waals surface area contributed by atoms with Gasteiger partial charge in [-0.05, 0) is 43.0 Å². The zero-order valence-corrected chi connectivity index (χ0v) is 17.9. The van der Waals surface area contributed by atoms with E-state index in [0.29, 0.717) is 42.5 Å². The molecule has 1 fully saturated rings. The summed E-state index contributed by atoms with van der Waals surface area (Å²) >= 11 is 0. The van der Waals surface area contributed by atoms with Gasteiger partial charge in [0.15, 0.2) is 0 Å². The number of non-ortho nitro benzene ring substituents is 1. The van der Waals surface area contributed by atoms with Crippen molar-refractivity contribution >= 4 is 32.1 Å². The number of pyridine rings is 1. The van der Waals surface area contributed by atoms with Gasteiger partial charge in [0.05, 0.1) is 27.1 Å². The third kappa shape index (κ3) is 3.98. The molecule has 0 radical (unpaired) electrons. The van der Waals surface area contributed by atoms with Crippen molar-refractivity contribution in [2.45, 2.75) is 42.1 Å². The van der Waals surface area contributed by atoms with Crippen molar-refractivity contribution in [3.63, 3.8) is 0 Å². The fraction of sp³-hybridized carbons (Fsp3) is 0.318. The highest BCUT2D eigenvalue weighted by Gasteiger charge is 2.29. The maximum Gasteiger partial charge on any atom is 0.270 e. The van der Waals surface area contributed by atoms with Gasteiger partial charge in [0, 0.05) is 36.8 Å². The second-order valence-corrected chi connectivity index (χ2v) is 9.57. The van der Waals surface area contributed by atoms with E-state index in [4.69, 9.17) is 0 Å². The van der Waals surface area contributed by atoms with Gasteiger partial charge in [-0.3, -0.25) is 15.1 Å². The lowest BCUT2D eigenvalue weighted by molar-refractivity contribution is -0.384. The number of anilines is 1. The minimum absolute atomic E-state index is 0.0149. The Morgan fingerprint density at radius 3 is 2.45 bits per heavy atom. The second kappa shape index (κ2) is 8.24. The number of fused-ring (bicyclic) bond motifs is 1. The third-order valence-corrected chi connectivity index (χ3v) is 7.48. The molecule has 2 aromatic carbocycles. The number of hydrogen-bond donors (Lipinski definition) is 1. The van der Waals surface area contributed by atoms with Crippen LogP contribution in [0.3, 0.4) is 0 Å². The monoisotopic (exact) mass is 441 g/mol.